The molecule has 19 heavy (non-hydrogen) atoms. The van der Waals surface area contributed by atoms with Crippen LogP contribution in [0.4, 0.5) is 0 Å². The van der Waals surface area contributed by atoms with Crippen LogP contribution in [0.25, 0.3) is 16.3 Å². The van der Waals surface area contributed by atoms with Crippen molar-refractivity contribution in [3.05, 3.63) is 53.6 Å². The van der Waals surface area contributed by atoms with Crippen LogP contribution in [-0.2, 0) is 4.79 Å². The minimum Gasteiger partial charge on any atom is -0.298 e. The average molecular weight is 270 g/mol. The van der Waals surface area contributed by atoms with E-state index < -0.39 is 0 Å². The molecule has 0 amide bonds. The molecule has 94 valence electrons. The molecule has 3 rings (SSSR count). The molecule has 1 aliphatic rings. The highest BCUT2D eigenvalue weighted by atomic mass is 35.5. The molecule has 0 aliphatic carbocycles. The number of aliphatic imine (C=N–C) groups is 1. The number of halogens is 1. The van der Waals surface area contributed by atoms with E-state index in [0.29, 0.717) is 17.3 Å². The van der Waals surface area contributed by atoms with E-state index in [4.69, 9.17) is 11.6 Å². The van der Waals surface area contributed by atoms with E-state index in [2.05, 4.69) is 29.3 Å². The highest BCUT2D eigenvalue weighted by Gasteiger charge is 2.17. The van der Waals surface area contributed by atoms with Gasteiger partial charge in [-0.3, -0.25) is 9.79 Å². The summed E-state index contributed by atoms with van der Waals surface area (Å²) in [6, 6.07) is 14.4. The zero-order valence-corrected chi connectivity index (χ0v) is 11.0. The topological polar surface area (TPSA) is 29.4 Å². The summed E-state index contributed by atoms with van der Waals surface area (Å²) in [6.45, 7) is 0.637. The Hall–Kier alpha value is -1.93. The van der Waals surface area contributed by atoms with Crippen molar-refractivity contribution >= 4 is 39.4 Å². The third-order valence-electron chi connectivity index (χ3n) is 3.38. The number of carbonyl (C=O) groups excluding carboxylic acids is 1. The highest BCUT2D eigenvalue weighted by molar-refractivity contribution is 6.72. The number of allylic oxidation sites excluding steroid dienone is 1. The van der Waals surface area contributed by atoms with Gasteiger partial charge in [-0.1, -0.05) is 48.0 Å². The van der Waals surface area contributed by atoms with Crippen molar-refractivity contribution in [3.8, 4) is 0 Å². The lowest BCUT2D eigenvalue weighted by Gasteiger charge is -2.15. The first-order chi connectivity index (χ1) is 9.29. The largest absolute Gasteiger partial charge is 0.298 e. The van der Waals surface area contributed by atoms with Gasteiger partial charge in [-0.15, -0.1) is 0 Å². The lowest BCUT2D eigenvalue weighted by Crippen LogP contribution is -2.08. The maximum Gasteiger partial charge on any atom is 0.153 e. The smallest absolute Gasteiger partial charge is 0.153 e. The summed E-state index contributed by atoms with van der Waals surface area (Å²) in [5.74, 6) is 0. The third-order valence-corrected chi connectivity index (χ3v) is 3.70. The third kappa shape index (κ3) is 2.20. The highest BCUT2D eigenvalue weighted by Crippen LogP contribution is 2.29. The fraction of sp³-hybridized carbons (Fsp3) is 0.125. The number of benzene rings is 2. The molecule has 0 N–H and O–H groups in total. The van der Waals surface area contributed by atoms with Gasteiger partial charge >= 0.3 is 0 Å². The van der Waals surface area contributed by atoms with Crippen molar-refractivity contribution in [2.24, 2.45) is 4.99 Å². The second-order valence-corrected chi connectivity index (χ2v) is 4.85. The van der Waals surface area contributed by atoms with Crippen molar-refractivity contribution < 1.29 is 4.79 Å². The molecule has 0 bridgehead atoms. The van der Waals surface area contributed by atoms with Crippen LogP contribution in [0.2, 0.25) is 0 Å². The van der Waals surface area contributed by atoms with Crippen molar-refractivity contribution in [2.75, 3.05) is 6.54 Å². The lowest BCUT2D eigenvalue weighted by molar-refractivity contribution is -0.104. The Labute approximate surface area is 116 Å². The number of fused-ring (bicyclic) bond motifs is 1. The molecule has 2 nitrogen and oxygen atoms in total. The molecular weight excluding hydrogens is 258 g/mol. The van der Waals surface area contributed by atoms with Crippen LogP contribution in [0.1, 0.15) is 12.0 Å². The molecule has 1 aliphatic heterocycles. The van der Waals surface area contributed by atoms with E-state index in [1.165, 1.54) is 5.39 Å². The summed E-state index contributed by atoms with van der Waals surface area (Å²) in [5.41, 5.74) is 2.55. The molecule has 2 aromatic rings. The van der Waals surface area contributed by atoms with Crippen LogP contribution in [0.5, 0.6) is 0 Å². The molecule has 0 radical (unpaired) electrons. The predicted molar refractivity (Wildman–Crippen MR) is 79.7 cm³/mol. The van der Waals surface area contributed by atoms with Crippen LogP contribution in [0.15, 0.2) is 53.0 Å². The number of carbonyl (C=O) groups is 1. The van der Waals surface area contributed by atoms with Crippen LogP contribution in [0, 0.1) is 0 Å². The summed E-state index contributed by atoms with van der Waals surface area (Å²) in [7, 11) is 0. The van der Waals surface area contributed by atoms with Crippen molar-refractivity contribution in [3.63, 3.8) is 0 Å². The number of rotatable bonds is 2. The normalized spacial score (nSPS) is 15.5. The predicted octanol–water partition coefficient (Wildman–Crippen LogP) is 3.83. The standard InChI is InChI=1S/C16H12ClNO/c17-16-15(10-19)14(7-8-18-16)13-6-5-11-3-1-2-4-12(11)9-13/h1-6,9-10H,7-8H2. The molecule has 0 saturated heterocycles. The molecule has 0 saturated carbocycles. The van der Waals surface area contributed by atoms with Crippen LogP contribution < -0.4 is 0 Å². The molecule has 0 aromatic heterocycles. The Balaban J connectivity index is 2.18. The second-order valence-electron chi connectivity index (χ2n) is 4.49. The molecule has 0 fully saturated rings. The van der Waals surface area contributed by atoms with Gasteiger partial charge in [0.25, 0.3) is 0 Å². The van der Waals surface area contributed by atoms with E-state index in [9.17, 15) is 4.79 Å². The number of hydrogen-bond acceptors (Lipinski definition) is 2. The van der Waals surface area contributed by atoms with E-state index in [1.807, 2.05) is 18.2 Å². The number of nitrogens with zero attached hydrogens (tertiary/aromatic N) is 1. The van der Waals surface area contributed by atoms with Crippen molar-refractivity contribution in [1.29, 1.82) is 0 Å². The van der Waals surface area contributed by atoms with E-state index in [1.54, 1.807) is 0 Å². The number of dihydropyridines is 1. The Kier molecular flexibility index (Phi) is 3.18. The van der Waals surface area contributed by atoms with E-state index in [0.717, 1.165) is 29.2 Å². The fourth-order valence-corrected chi connectivity index (χ4v) is 2.65. The van der Waals surface area contributed by atoms with Crippen molar-refractivity contribution in [1.82, 2.24) is 0 Å². The van der Waals surface area contributed by atoms with E-state index in [-0.39, 0.29) is 0 Å². The summed E-state index contributed by atoms with van der Waals surface area (Å²) in [6.07, 6.45) is 1.55. The summed E-state index contributed by atoms with van der Waals surface area (Å²) in [5, 5.41) is 2.68. The first-order valence-electron chi connectivity index (χ1n) is 6.17. The number of aldehydes is 1. The Morgan fingerprint density at radius 1 is 1.11 bits per heavy atom. The van der Waals surface area contributed by atoms with Crippen LogP contribution in [0.3, 0.4) is 0 Å². The van der Waals surface area contributed by atoms with Gasteiger partial charge < -0.3 is 0 Å². The zero-order chi connectivity index (χ0) is 13.2. The van der Waals surface area contributed by atoms with Gasteiger partial charge in [-0.25, -0.2) is 0 Å². The average Bonchev–Trinajstić information content (AvgIpc) is 2.46. The first kappa shape index (κ1) is 12.1. The minimum atomic E-state index is 0.324. The second kappa shape index (κ2) is 4.98. The molecular formula is C16H12ClNO. The van der Waals surface area contributed by atoms with E-state index >= 15 is 0 Å². The number of hydrogen-bond donors (Lipinski definition) is 0. The first-order valence-corrected chi connectivity index (χ1v) is 6.55. The molecule has 0 spiro atoms. The van der Waals surface area contributed by atoms with Crippen LogP contribution >= 0.6 is 11.6 Å². The minimum absolute atomic E-state index is 0.324. The van der Waals surface area contributed by atoms with Gasteiger partial charge in [0.2, 0.25) is 0 Å². The molecule has 0 atom stereocenters. The van der Waals surface area contributed by atoms with Gasteiger partial charge in [0.05, 0.1) is 5.57 Å². The summed E-state index contributed by atoms with van der Waals surface area (Å²) < 4.78 is 0. The molecule has 0 unspecified atom stereocenters. The van der Waals surface area contributed by atoms with Gasteiger partial charge in [-0.05, 0) is 34.4 Å². The van der Waals surface area contributed by atoms with Crippen molar-refractivity contribution in [2.45, 2.75) is 6.42 Å². The zero-order valence-electron chi connectivity index (χ0n) is 10.3. The maximum atomic E-state index is 11.2. The quantitative estimate of drug-likeness (QED) is 0.762. The SMILES string of the molecule is O=CC1=C(c2ccc3ccccc3c2)CCN=C1Cl. The maximum absolute atomic E-state index is 11.2. The van der Waals surface area contributed by atoms with Gasteiger partial charge in [0, 0.05) is 6.54 Å². The Morgan fingerprint density at radius 3 is 2.68 bits per heavy atom. The van der Waals surface area contributed by atoms with Crippen LogP contribution in [-0.4, -0.2) is 18.0 Å². The summed E-state index contributed by atoms with van der Waals surface area (Å²) in [4.78, 5) is 15.3. The lowest BCUT2D eigenvalue weighted by atomic mass is 9.94. The van der Waals surface area contributed by atoms with Gasteiger partial charge in [0.15, 0.2) is 6.29 Å². The monoisotopic (exact) mass is 269 g/mol. The molecule has 3 heteroatoms. The fourth-order valence-electron chi connectivity index (χ4n) is 2.41. The Bertz CT molecular complexity index is 716. The molecule has 1 heterocycles. The summed E-state index contributed by atoms with van der Waals surface area (Å²) >= 11 is 6.01. The Morgan fingerprint density at radius 2 is 1.89 bits per heavy atom. The van der Waals surface area contributed by atoms with Gasteiger partial charge in [-0.2, -0.15) is 0 Å². The van der Waals surface area contributed by atoms with Gasteiger partial charge in [0.1, 0.15) is 5.17 Å². The molecule has 2 aromatic carbocycles.